The molecule has 1 amide bonds. The Morgan fingerprint density at radius 2 is 1.47 bits per heavy atom. The van der Waals surface area contributed by atoms with Crippen molar-refractivity contribution in [2.24, 2.45) is 0 Å². The molecule has 4 aromatic rings. The van der Waals surface area contributed by atoms with Gasteiger partial charge in [0, 0.05) is 6.54 Å². The lowest BCUT2D eigenvalue weighted by molar-refractivity contribution is 0.102. The Bertz CT molecular complexity index is 1100. The van der Waals surface area contributed by atoms with Crippen molar-refractivity contribution in [1.82, 2.24) is 10.2 Å². The van der Waals surface area contributed by atoms with Gasteiger partial charge in [-0.05, 0) is 42.0 Å². The van der Waals surface area contributed by atoms with E-state index in [1.165, 1.54) is 0 Å². The zero-order chi connectivity index (χ0) is 20.6. The Labute approximate surface area is 174 Å². The summed E-state index contributed by atoms with van der Waals surface area (Å²) in [5.41, 5.74) is 1.91. The summed E-state index contributed by atoms with van der Waals surface area (Å²) in [5, 5.41) is 14.2. The number of hydrogen-bond acceptors (Lipinski definition) is 5. The van der Waals surface area contributed by atoms with Crippen LogP contribution in [0.3, 0.4) is 0 Å². The maximum absolute atomic E-state index is 12.6. The van der Waals surface area contributed by atoms with Gasteiger partial charge in [0.25, 0.3) is 5.91 Å². The largest absolute Gasteiger partial charge is 0.455 e. The lowest BCUT2D eigenvalue weighted by atomic mass is 10.2. The number of carbonyl (C=O) groups is 1. The molecule has 4 rings (SSSR count). The average molecular weight is 396 g/mol. The molecule has 0 radical (unpaired) electrons. The minimum absolute atomic E-state index is 0.217. The fourth-order valence-corrected chi connectivity index (χ4v) is 2.80. The van der Waals surface area contributed by atoms with Crippen LogP contribution in [0.15, 0.2) is 97.1 Å². The van der Waals surface area contributed by atoms with Gasteiger partial charge in [-0.3, -0.25) is 4.79 Å². The van der Waals surface area contributed by atoms with Crippen LogP contribution >= 0.6 is 0 Å². The Morgan fingerprint density at radius 3 is 2.20 bits per heavy atom. The van der Waals surface area contributed by atoms with Gasteiger partial charge in [-0.1, -0.05) is 60.7 Å². The predicted octanol–water partition coefficient (Wildman–Crippen LogP) is 5.13. The molecule has 1 heterocycles. The van der Waals surface area contributed by atoms with Gasteiger partial charge in [0.05, 0.1) is 5.69 Å². The number of carbonyl (C=O) groups excluding carboxylic acids is 1. The molecular formula is C24H20N4O2. The fourth-order valence-electron chi connectivity index (χ4n) is 2.80. The number of benzene rings is 3. The fraction of sp³-hybridized carbons (Fsp3) is 0.0417. The molecule has 2 N–H and O–H groups in total. The summed E-state index contributed by atoms with van der Waals surface area (Å²) < 4.78 is 5.88. The van der Waals surface area contributed by atoms with E-state index in [9.17, 15) is 4.79 Å². The van der Waals surface area contributed by atoms with Gasteiger partial charge in [-0.2, -0.15) is 0 Å². The number of aromatic nitrogens is 2. The third kappa shape index (κ3) is 4.99. The maximum Gasteiger partial charge on any atom is 0.276 e. The minimum atomic E-state index is -0.360. The van der Waals surface area contributed by atoms with Crippen molar-refractivity contribution in [1.29, 1.82) is 0 Å². The molecule has 0 fully saturated rings. The first-order chi connectivity index (χ1) is 14.8. The SMILES string of the molecule is O=C(Nc1ccccc1Oc1ccccc1)c1ccc(NCc2ccccc2)nn1. The molecule has 0 unspecified atom stereocenters. The number of para-hydroxylation sites is 3. The van der Waals surface area contributed by atoms with Crippen molar-refractivity contribution in [3.63, 3.8) is 0 Å². The molecular weight excluding hydrogens is 376 g/mol. The molecule has 0 aliphatic heterocycles. The van der Waals surface area contributed by atoms with Crippen LogP contribution in [0.1, 0.15) is 16.1 Å². The average Bonchev–Trinajstić information content (AvgIpc) is 2.81. The van der Waals surface area contributed by atoms with Gasteiger partial charge < -0.3 is 15.4 Å². The van der Waals surface area contributed by atoms with Gasteiger partial charge in [0.1, 0.15) is 11.6 Å². The summed E-state index contributed by atoms with van der Waals surface area (Å²) in [5.74, 6) is 1.48. The lowest BCUT2D eigenvalue weighted by Gasteiger charge is -2.12. The predicted molar refractivity (Wildman–Crippen MR) is 117 cm³/mol. The van der Waals surface area contributed by atoms with E-state index in [1.807, 2.05) is 72.8 Å². The molecule has 6 heteroatoms. The lowest BCUT2D eigenvalue weighted by Crippen LogP contribution is -2.15. The number of ether oxygens (including phenoxy) is 1. The second-order valence-electron chi connectivity index (χ2n) is 6.51. The zero-order valence-electron chi connectivity index (χ0n) is 16.2. The Balaban J connectivity index is 1.40. The van der Waals surface area contributed by atoms with E-state index >= 15 is 0 Å². The van der Waals surface area contributed by atoms with Crippen LogP contribution in [-0.4, -0.2) is 16.1 Å². The molecule has 6 nitrogen and oxygen atoms in total. The highest BCUT2D eigenvalue weighted by Gasteiger charge is 2.12. The molecule has 0 atom stereocenters. The number of nitrogens with zero attached hydrogens (tertiary/aromatic N) is 2. The first-order valence-electron chi connectivity index (χ1n) is 9.53. The van der Waals surface area contributed by atoms with Crippen LogP contribution in [-0.2, 0) is 6.54 Å². The second-order valence-corrected chi connectivity index (χ2v) is 6.51. The standard InChI is InChI=1S/C24H20N4O2/c29-24(21-15-16-23(28-27-21)25-17-18-9-3-1-4-10-18)26-20-13-7-8-14-22(20)30-19-11-5-2-6-12-19/h1-16H,17H2,(H,25,28)(H,26,29). The number of amides is 1. The Morgan fingerprint density at radius 1 is 0.767 bits per heavy atom. The van der Waals surface area contributed by atoms with Crippen molar-refractivity contribution in [2.45, 2.75) is 6.54 Å². The number of hydrogen-bond donors (Lipinski definition) is 2. The van der Waals surface area contributed by atoms with Crippen LogP contribution < -0.4 is 15.4 Å². The van der Waals surface area contributed by atoms with Crippen molar-refractivity contribution in [3.8, 4) is 11.5 Å². The highest BCUT2D eigenvalue weighted by molar-refractivity contribution is 6.03. The summed E-state index contributed by atoms with van der Waals surface area (Å²) in [6, 6.07) is 30.0. The Hall–Kier alpha value is -4.19. The first-order valence-corrected chi connectivity index (χ1v) is 9.53. The second kappa shape index (κ2) is 9.34. The van der Waals surface area contributed by atoms with Gasteiger partial charge in [0.2, 0.25) is 0 Å². The third-order valence-corrected chi connectivity index (χ3v) is 4.32. The van der Waals surface area contributed by atoms with Crippen molar-refractivity contribution < 1.29 is 9.53 Å². The van der Waals surface area contributed by atoms with Gasteiger partial charge in [-0.25, -0.2) is 0 Å². The normalized spacial score (nSPS) is 10.3. The van der Waals surface area contributed by atoms with Crippen molar-refractivity contribution in [2.75, 3.05) is 10.6 Å². The molecule has 148 valence electrons. The molecule has 0 bridgehead atoms. The summed E-state index contributed by atoms with van der Waals surface area (Å²) in [4.78, 5) is 12.6. The van der Waals surface area contributed by atoms with Gasteiger partial charge >= 0.3 is 0 Å². The molecule has 0 saturated heterocycles. The smallest absolute Gasteiger partial charge is 0.276 e. The Kier molecular flexibility index (Phi) is 5.96. The third-order valence-electron chi connectivity index (χ3n) is 4.32. The topological polar surface area (TPSA) is 76.1 Å². The van der Waals surface area contributed by atoms with Crippen LogP contribution in [0.4, 0.5) is 11.5 Å². The summed E-state index contributed by atoms with van der Waals surface area (Å²) in [7, 11) is 0. The van der Waals surface area contributed by atoms with E-state index in [2.05, 4.69) is 20.8 Å². The van der Waals surface area contributed by atoms with E-state index in [-0.39, 0.29) is 11.6 Å². The van der Waals surface area contributed by atoms with E-state index in [1.54, 1.807) is 24.3 Å². The molecule has 30 heavy (non-hydrogen) atoms. The van der Waals surface area contributed by atoms with Crippen molar-refractivity contribution in [3.05, 3.63) is 108 Å². The molecule has 0 aliphatic rings. The zero-order valence-corrected chi connectivity index (χ0v) is 16.2. The van der Waals surface area contributed by atoms with Gasteiger partial charge in [0.15, 0.2) is 11.4 Å². The minimum Gasteiger partial charge on any atom is -0.455 e. The number of anilines is 2. The summed E-state index contributed by atoms with van der Waals surface area (Å²) >= 11 is 0. The number of rotatable bonds is 7. The molecule has 3 aromatic carbocycles. The first kappa shape index (κ1) is 19.1. The number of nitrogens with one attached hydrogen (secondary N) is 2. The highest BCUT2D eigenvalue weighted by Crippen LogP contribution is 2.29. The quantitative estimate of drug-likeness (QED) is 0.453. The summed E-state index contributed by atoms with van der Waals surface area (Å²) in [6.45, 7) is 0.630. The van der Waals surface area contributed by atoms with Gasteiger partial charge in [-0.15, -0.1) is 10.2 Å². The van der Waals surface area contributed by atoms with E-state index in [0.717, 1.165) is 5.56 Å². The van der Waals surface area contributed by atoms with Crippen LogP contribution in [0.25, 0.3) is 0 Å². The highest BCUT2D eigenvalue weighted by atomic mass is 16.5. The molecule has 1 aromatic heterocycles. The van der Waals surface area contributed by atoms with Crippen LogP contribution in [0, 0.1) is 0 Å². The van der Waals surface area contributed by atoms with E-state index in [0.29, 0.717) is 29.5 Å². The summed E-state index contributed by atoms with van der Waals surface area (Å²) in [6.07, 6.45) is 0. The van der Waals surface area contributed by atoms with Crippen LogP contribution in [0.2, 0.25) is 0 Å². The van der Waals surface area contributed by atoms with Crippen molar-refractivity contribution >= 4 is 17.4 Å². The van der Waals surface area contributed by atoms with E-state index in [4.69, 9.17) is 4.74 Å². The monoisotopic (exact) mass is 396 g/mol. The molecule has 0 spiro atoms. The van der Waals surface area contributed by atoms with Crippen LogP contribution in [0.5, 0.6) is 11.5 Å². The van der Waals surface area contributed by atoms with E-state index < -0.39 is 0 Å². The molecule has 0 aliphatic carbocycles. The maximum atomic E-state index is 12.6. The molecule has 0 saturated carbocycles.